The van der Waals surface area contributed by atoms with Crippen molar-refractivity contribution in [2.45, 2.75) is 13.0 Å². The average Bonchev–Trinajstić information content (AvgIpc) is 3.09. The standard InChI is InChI=1S/C37H33N3O5S/c1-5-8-19-29(7-3)40-36(43)30(23-26-20-21-31(45-22-6-2)32(24-26)44-4)35(42)39-37(40)46-25-33(41)38-34(27-15-11-9-12-16-27)28-17-13-10-14-18-28/h2,5,7-21,23-24,34H,1,22,25H2,3-4H3,(H,38,41)/b19-8-,29-7+,30-23+. The number of aliphatic imine (C=N–C) groups is 1. The molecular weight excluding hydrogens is 598 g/mol. The van der Waals surface area contributed by atoms with Crippen LogP contribution in [0.1, 0.15) is 29.7 Å². The Hall–Kier alpha value is -5.59. The molecule has 1 heterocycles. The molecule has 0 aromatic heterocycles. The molecule has 9 heteroatoms. The van der Waals surface area contributed by atoms with Gasteiger partial charge in [0.2, 0.25) is 5.91 Å². The van der Waals surface area contributed by atoms with E-state index in [1.807, 2.05) is 60.7 Å². The van der Waals surface area contributed by atoms with Crippen LogP contribution in [0.25, 0.3) is 6.08 Å². The van der Waals surface area contributed by atoms with Crippen LogP contribution in [-0.4, -0.2) is 47.3 Å². The molecule has 0 unspecified atom stereocenters. The zero-order chi connectivity index (χ0) is 32.9. The van der Waals surface area contributed by atoms with Crippen molar-refractivity contribution in [3.63, 3.8) is 0 Å². The molecule has 0 atom stereocenters. The lowest BCUT2D eigenvalue weighted by molar-refractivity contribution is -0.126. The molecule has 3 aromatic rings. The molecule has 46 heavy (non-hydrogen) atoms. The third kappa shape index (κ3) is 8.31. The van der Waals surface area contributed by atoms with Crippen LogP contribution < -0.4 is 14.8 Å². The minimum atomic E-state index is -0.731. The Kier molecular flexibility index (Phi) is 11.9. The summed E-state index contributed by atoms with van der Waals surface area (Å²) in [6, 6.07) is 23.8. The number of amides is 3. The summed E-state index contributed by atoms with van der Waals surface area (Å²) >= 11 is 0.996. The van der Waals surface area contributed by atoms with Crippen molar-refractivity contribution in [1.82, 2.24) is 10.2 Å². The molecule has 0 saturated carbocycles. The average molecular weight is 632 g/mol. The molecule has 0 aliphatic carbocycles. The topological polar surface area (TPSA) is 97.3 Å². The number of allylic oxidation sites excluding steroid dienone is 4. The van der Waals surface area contributed by atoms with Crippen molar-refractivity contribution in [3.05, 3.63) is 138 Å². The number of rotatable bonds is 12. The number of hydrogen-bond donors (Lipinski definition) is 1. The van der Waals surface area contributed by atoms with E-state index in [4.69, 9.17) is 15.9 Å². The number of carbonyl (C=O) groups is 3. The minimum Gasteiger partial charge on any atom is -0.493 e. The van der Waals surface area contributed by atoms with Crippen molar-refractivity contribution in [2.24, 2.45) is 4.99 Å². The van der Waals surface area contributed by atoms with Crippen LogP contribution in [0, 0.1) is 12.3 Å². The molecule has 0 spiro atoms. The van der Waals surface area contributed by atoms with Crippen molar-refractivity contribution >= 4 is 40.7 Å². The number of nitrogens with one attached hydrogen (secondary N) is 1. The summed E-state index contributed by atoms with van der Waals surface area (Å²) in [6.07, 6.45) is 13.4. The molecule has 0 fully saturated rings. The van der Waals surface area contributed by atoms with Crippen LogP contribution in [0.3, 0.4) is 0 Å². The molecule has 8 nitrogen and oxygen atoms in total. The summed E-state index contributed by atoms with van der Waals surface area (Å²) < 4.78 is 10.9. The lowest BCUT2D eigenvalue weighted by Gasteiger charge is -2.28. The van der Waals surface area contributed by atoms with E-state index in [9.17, 15) is 14.4 Å². The Morgan fingerprint density at radius 3 is 2.33 bits per heavy atom. The fraction of sp³-hybridized carbons (Fsp3) is 0.135. The van der Waals surface area contributed by atoms with Crippen LogP contribution in [0.4, 0.5) is 0 Å². The summed E-state index contributed by atoms with van der Waals surface area (Å²) in [5.74, 6) is 1.49. The zero-order valence-corrected chi connectivity index (χ0v) is 26.3. The van der Waals surface area contributed by atoms with Gasteiger partial charge in [0.1, 0.15) is 12.2 Å². The Bertz CT molecular complexity index is 1710. The monoisotopic (exact) mass is 631 g/mol. The lowest BCUT2D eigenvalue weighted by atomic mass is 9.99. The number of methoxy groups -OCH3 is 1. The highest BCUT2D eigenvalue weighted by Crippen LogP contribution is 2.31. The van der Waals surface area contributed by atoms with Crippen LogP contribution >= 0.6 is 11.8 Å². The van der Waals surface area contributed by atoms with Gasteiger partial charge in [-0.3, -0.25) is 19.3 Å². The first-order chi connectivity index (χ1) is 22.4. The molecule has 1 aliphatic heterocycles. The maximum atomic E-state index is 13.9. The molecule has 0 saturated heterocycles. The molecule has 3 amide bonds. The fourth-order valence-corrected chi connectivity index (χ4v) is 5.38. The summed E-state index contributed by atoms with van der Waals surface area (Å²) in [6.45, 7) is 5.52. The second-order valence-electron chi connectivity index (χ2n) is 9.72. The molecule has 1 aliphatic rings. The van der Waals surface area contributed by atoms with Crippen molar-refractivity contribution in [3.8, 4) is 23.8 Å². The Morgan fingerprint density at radius 2 is 1.74 bits per heavy atom. The maximum Gasteiger partial charge on any atom is 0.285 e. The van der Waals surface area contributed by atoms with E-state index in [0.29, 0.717) is 22.8 Å². The van der Waals surface area contributed by atoms with E-state index >= 15 is 0 Å². The number of amidine groups is 1. The second kappa shape index (κ2) is 16.5. The van der Waals surface area contributed by atoms with E-state index in [2.05, 4.69) is 22.8 Å². The summed E-state index contributed by atoms with van der Waals surface area (Å²) in [7, 11) is 1.48. The first-order valence-corrected chi connectivity index (χ1v) is 15.3. The minimum absolute atomic E-state index is 0.0550. The van der Waals surface area contributed by atoms with Crippen LogP contribution in [0.5, 0.6) is 11.5 Å². The van der Waals surface area contributed by atoms with Crippen LogP contribution in [0.15, 0.2) is 126 Å². The Morgan fingerprint density at radius 1 is 1.07 bits per heavy atom. The fourth-order valence-electron chi connectivity index (χ4n) is 4.57. The van der Waals surface area contributed by atoms with E-state index in [-0.39, 0.29) is 35.0 Å². The van der Waals surface area contributed by atoms with Gasteiger partial charge in [-0.2, -0.15) is 4.99 Å². The number of terminal acetylenes is 1. The van der Waals surface area contributed by atoms with Crippen molar-refractivity contribution in [1.29, 1.82) is 0 Å². The molecule has 0 bridgehead atoms. The number of benzene rings is 3. The summed E-state index contributed by atoms with van der Waals surface area (Å²) in [5.41, 5.74) is 2.65. The second-order valence-corrected chi connectivity index (χ2v) is 10.7. The van der Waals surface area contributed by atoms with Gasteiger partial charge in [-0.25, -0.2) is 0 Å². The molecule has 232 valence electrons. The number of thioether (sulfide) groups is 1. The maximum absolute atomic E-state index is 13.9. The SMILES string of the molecule is C#CCOc1ccc(/C=C2\C(=O)N=C(SCC(=O)NC(c3ccccc3)c3ccccc3)N(C(/C=C\C=C)=C/C)C2=O)cc1OC. The van der Waals surface area contributed by atoms with Crippen LogP contribution in [-0.2, 0) is 14.4 Å². The van der Waals surface area contributed by atoms with Crippen molar-refractivity contribution < 1.29 is 23.9 Å². The quantitative estimate of drug-likeness (QED) is 0.112. The van der Waals surface area contributed by atoms with Gasteiger partial charge in [-0.05, 0) is 47.9 Å². The van der Waals surface area contributed by atoms with Gasteiger partial charge in [-0.15, -0.1) is 6.42 Å². The first-order valence-electron chi connectivity index (χ1n) is 14.3. The van der Waals surface area contributed by atoms with Gasteiger partial charge in [-0.1, -0.05) is 109 Å². The largest absolute Gasteiger partial charge is 0.493 e. The number of ether oxygens (including phenoxy) is 2. The van der Waals surface area contributed by atoms with Gasteiger partial charge in [0.05, 0.1) is 18.9 Å². The Balaban J connectivity index is 1.62. The zero-order valence-electron chi connectivity index (χ0n) is 25.5. The predicted molar refractivity (Wildman–Crippen MR) is 183 cm³/mol. The number of nitrogens with zero attached hydrogens (tertiary/aromatic N) is 2. The third-order valence-electron chi connectivity index (χ3n) is 6.72. The molecule has 1 N–H and O–H groups in total. The number of carbonyl (C=O) groups excluding carboxylic acids is 3. The van der Waals surface area contributed by atoms with Gasteiger partial charge in [0, 0.05) is 5.70 Å². The highest BCUT2D eigenvalue weighted by atomic mass is 32.2. The van der Waals surface area contributed by atoms with Gasteiger partial charge in [0.25, 0.3) is 11.8 Å². The smallest absolute Gasteiger partial charge is 0.285 e. The lowest BCUT2D eigenvalue weighted by Crippen LogP contribution is -2.42. The van der Waals surface area contributed by atoms with E-state index in [1.54, 1.807) is 49.4 Å². The Labute approximate surface area is 273 Å². The molecule has 0 radical (unpaired) electrons. The molecule has 4 rings (SSSR count). The predicted octanol–water partition coefficient (Wildman–Crippen LogP) is 6.10. The van der Waals surface area contributed by atoms with Gasteiger partial charge in [0.15, 0.2) is 16.7 Å². The van der Waals surface area contributed by atoms with Crippen LogP contribution in [0.2, 0.25) is 0 Å². The van der Waals surface area contributed by atoms with E-state index in [0.717, 1.165) is 22.9 Å². The van der Waals surface area contributed by atoms with E-state index in [1.165, 1.54) is 18.1 Å². The highest BCUT2D eigenvalue weighted by Gasteiger charge is 2.35. The van der Waals surface area contributed by atoms with Gasteiger partial charge < -0.3 is 14.8 Å². The highest BCUT2D eigenvalue weighted by molar-refractivity contribution is 8.14. The molecule has 3 aromatic carbocycles. The first kappa shape index (κ1) is 33.3. The van der Waals surface area contributed by atoms with E-state index < -0.39 is 11.8 Å². The van der Waals surface area contributed by atoms with Gasteiger partial charge >= 0.3 is 0 Å². The number of hydrogen-bond acceptors (Lipinski definition) is 6. The molecular formula is C37H33N3O5S. The van der Waals surface area contributed by atoms with Crippen molar-refractivity contribution in [2.75, 3.05) is 19.5 Å². The third-order valence-corrected chi connectivity index (χ3v) is 7.66. The summed E-state index contributed by atoms with van der Waals surface area (Å²) in [5, 5.41) is 3.16. The normalized spacial score (nSPS) is 14.3. The summed E-state index contributed by atoms with van der Waals surface area (Å²) in [4.78, 5) is 46.1.